The first-order chi connectivity index (χ1) is 9.72. The van der Waals surface area contributed by atoms with Crippen molar-refractivity contribution < 1.29 is 4.39 Å². The minimum Gasteiger partial charge on any atom is -0.319 e. The van der Waals surface area contributed by atoms with E-state index in [4.69, 9.17) is 12.2 Å². The van der Waals surface area contributed by atoms with E-state index in [2.05, 4.69) is 15.3 Å². The van der Waals surface area contributed by atoms with Crippen molar-refractivity contribution in [2.75, 3.05) is 0 Å². The molecule has 0 spiro atoms. The van der Waals surface area contributed by atoms with E-state index in [1.807, 2.05) is 24.3 Å². The molecule has 1 aromatic carbocycles. The summed E-state index contributed by atoms with van der Waals surface area (Å²) in [7, 11) is 0. The Balaban J connectivity index is 1.82. The number of allylic oxidation sites excluding steroid dienone is 3. The molecule has 1 atom stereocenters. The Labute approximate surface area is 121 Å². The van der Waals surface area contributed by atoms with Crippen LogP contribution in [0, 0.1) is 11.7 Å². The SMILES string of the molecule is Fc1ccc(CN=C2NC(=S)N=C3C=CC=CC32)cc1. The van der Waals surface area contributed by atoms with E-state index < -0.39 is 0 Å². The number of aliphatic imine (C=N–C) groups is 2. The van der Waals surface area contributed by atoms with Crippen LogP contribution in [0.4, 0.5) is 4.39 Å². The zero-order chi connectivity index (χ0) is 13.9. The van der Waals surface area contributed by atoms with Gasteiger partial charge in [0.2, 0.25) is 0 Å². The Morgan fingerprint density at radius 2 is 2.05 bits per heavy atom. The molecule has 20 heavy (non-hydrogen) atoms. The van der Waals surface area contributed by atoms with Gasteiger partial charge in [0.15, 0.2) is 5.11 Å². The topological polar surface area (TPSA) is 36.8 Å². The smallest absolute Gasteiger partial charge is 0.198 e. The first-order valence-corrected chi connectivity index (χ1v) is 6.66. The Morgan fingerprint density at radius 3 is 2.85 bits per heavy atom. The van der Waals surface area contributed by atoms with E-state index in [9.17, 15) is 4.39 Å². The fraction of sp³-hybridized carbons (Fsp3) is 0.133. The van der Waals surface area contributed by atoms with Gasteiger partial charge in [-0.15, -0.1) is 0 Å². The quantitative estimate of drug-likeness (QED) is 0.848. The van der Waals surface area contributed by atoms with E-state index in [0.717, 1.165) is 17.1 Å². The van der Waals surface area contributed by atoms with Gasteiger partial charge < -0.3 is 5.32 Å². The van der Waals surface area contributed by atoms with Crippen LogP contribution < -0.4 is 5.32 Å². The maximum absolute atomic E-state index is 12.9. The highest BCUT2D eigenvalue weighted by Gasteiger charge is 2.24. The van der Waals surface area contributed by atoms with Gasteiger partial charge >= 0.3 is 0 Å². The molecule has 0 radical (unpaired) electrons. The van der Waals surface area contributed by atoms with E-state index in [1.54, 1.807) is 12.1 Å². The third-order valence-corrected chi connectivity index (χ3v) is 3.30. The monoisotopic (exact) mass is 285 g/mol. The molecule has 1 N–H and O–H groups in total. The van der Waals surface area contributed by atoms with E-state index >= 15 is 0 Å². The first kappa shape index (κ1) is 12.9. The predicted octanol–water partition coefficient (Wildman–Crippen LogP) is 2.80. The summed E-state index contributed by atoms with van der Waals surface area (Å²) < 4.78 is 12.9. The standard InChI is InChI=1S/C15H12FN3S/c16-11-7-5-10(6-8-11)9-17-14-12-3-1-2-4-13(12)18-15(20)19-14/h1-8,12H,9H2,(H,17,19,20). The van der Waals surface area contributed by atoms with Crippen molar-refractivity contribution in [3.8, 4) is 0 Å². The number of hydrogen-bond donors (Lipinski definition) is 1. The van der Waals surface area contributed by atoms with Crippen LogP contribution in [-0.4, -0.2) is 16.7 Å². The van der Waals surface area contributed by atoms with Gasteiger partial charge in [-0.05, 0) is 36.0 Å². The fourth-order valence-corrected chi connectivity index (χ4v) is 2.32. The molecule has 2 aliphatic rings. The molecule has 1 aliphatic carbocycles. The van der Waals surface area contributed by atoms with Crippen molar-refractivity contribution in [3.63, 3.8) is 0 Å². The lowest BCUT2D eigenvalue weighted by atomic mass is 9.96. The Morgan fingerprint density at radius 1 is 1.25 bits per heavy atom. The fourth-order valence-electron chi connectivity index (χ4n) is 2.11. The second kappa shape index (κ2) is 5.46. The number of thiocarbonyl (C=S) groups is 1. The molecule has 3 nitrogen and oxygen atoms in total. The molecule has 0 aromatic heterocycles. The molecule has 0 saturated heterocycles. The second-order valence-corrected chi connectivity index (χ2v) is 4.90. The molecule has 0 fully saturated rings. The van der Waals surface area contributed by atoms with Crippen LogP contribution in [0.1, 0.15) is 5.56 Å². The van der Waals surface area contributed by atoms with Crippen LogP contribution in [0.3, 0.4) is 0 Å². The molecular weight excluding hydrogens is 273 g/mol. The van der Waals surface area contributed by atoms with Gasteiger partial charge in [-0.3, -0.25) is 4.99 Å². The van der Waals surface area contributed by atoms with Crippen molar-refractivity contribution in [1.29, 1.82) is 0 Å². The number of halogens is 1. The Bertz CT molecular complexity index is 656. The summed E-state index contributed by atoms with van der Waals surface area (Å²) in [6.45, 7) is 0.479. The summed E-state index contributed by atoms with van der Waals surface area (Å²) in [5.74, 6) is 0.560. The van der Waals surface area contributed by atoms with E-state index in [1.165, 1.54) is 12.1 Å². The zero-order valence-corrected chi connectivity index (χ0v) is 11.4. The highest BCUT2D eigenvalue weighted by molar-refractivity contribution is 7.80. The van der Waals surface area contributed by atoms with Gasteiger partial charge in [0.1, 0.15) is 11.7 Å². The number of fused-ring (bicyclic) bond motifs is 1. The largest absolute Gasteiger partial charge is 0.319 e. The highest BCUT2D eigenvalue weighted by atomic mass is 32.1. The molecular formula is C15H12FN3S. The number of nitrogens with one attached hydrogen (secondary N) is 1. The second-order valence-electron chi connectivity index (χ2n) is 4.52. The van der Waals surface area contributed by atoms with Gasteiger partial charge in [0.05, 0.1) is 18.2 Å². The van der Waals surface area contributed by atoms with Crippen molar-refractivity contribution >= 4 is 28.9 Å². The van der Waals surface area contributed by atoms with Crippen molar-refractivity contribution in [1.82, 2.24) is 5.32 Å². The van der Waals surface area contributed by atoms with Crippen LogP contribution in [0.25, 0.3) is 0 Å². The molecule has 100 valence electrons. The van der Waals surface area contributed by atoms with E-state index in [-0.39, 0.29) is 11.7 Å². The maximum atomic E-state index is 12.9. The predicted molar refractivity (Wildman–Crippen MR) is 82.5 cm³/mol. The van der Waals surface area contributed by atoms with Crippen molar-refractivity contribution in [3.05, 3.63) is 60.0 Å². The van der Waals surface area contributed by atoms with Gasteiger partial charge in [-0.1, -0.05) is 30.4 Å². The molecule has 0 bridgehead atoms. The van der Waals surface area contributed by atoms with Gasteiger partial charge in [0.25, 0.3) is 0 Å². The molecule has 0 amide bonds. The maximum Gasteiger partial charge on any atom is 0.198 e. The molecule has 1 heterocycles. The van der Waals surface area contributed by atoms with Gasteiger partial charge in [0, 0.05) is 0 Å². The number of amidine groups is 1. The van der Waals surface area contributed by atoms with Gasteiger partial charge in [-0.25, -0.2) is 9.38 Å². The average Bonchev–Trinajstić information content (AvgIpc) is 2.46. The number of rotatable bonds is 2. The highest BCUT2D eigenvalue weighted by Crippen LogP contribution is 2.16. The normalized spacial score (nSPS) is 22.4. The minimum atomic E-state index is -0.242. The van der Waals surface area contributed by atoms with Gasteiger partial charge in [-0.2, -0.15) is 0 Å². The molecule has 1 unspecified atom stereocenters. The summed E-state index contributed by atoms with van der Waals surface area (Å²) in [5.41, 5.74) is 1.85. The van der Waals surface area contributed by atoms with Crippen LogP contribution >= 0.6 is 12.2 Å². The lowest BCUT2D eigenvalue weighted by molar-refractivity contribution is 0.627. The zero-order valence-electron chi connectivity index (χ0n) is 10.6. The van der Waals surface area contributed by atoms with Crippen LogP contribution in [-0.2, 0) is 6.54 Å². The van der Waals surface area contributed by atoms with Crippen molar-refractivity contribution in [2.24, 2.45) is 15.9 Å². The average molecular weight is 285 g/mol. The molecule has 1 aliphatic heterocycles. The summed E-state index contributed by atoms with van der Waals surface area (Å²) >= 11 is 5.11. The third kappa shape index (κ3) is 2.72. The lowest BCUT2D eigenvalue weighted by Gasteiger charge is -2.24. The number of nitrogens with zero attached hydrogens (tertiary/aromatic N) is 2. The molecule has 5 heteroatoms. The third-order valence-electron chi connectivity index (χ3n) is 3.11. The number of benzene rings is 1. The Kier molecular flexibility index (Phi) is 3.52. The summed E-state index contributed by atoms with van der Waals surface area (Å²) in [6.07, 6.45) is 7.86. The molecule has 3 rings (SSSR count). The lowest BCUT2D eigenvalue weighted by Crippen LogP contribution is -2.42. The first-order valence-electron chi connectivity index (χ1n) is 6.25. The Hall–Kier alpha value is -2.14. The summed E-state index contributed by atoms with van der Waals surface area (Å²) in [4.78, 5) is 8.84. The van der Waals surface area contributed by atoms with E-state index in [0.29, 0.717) is 11.7 Å². The minimum absolute atomic E-state index is 0.0205. The van der Waals surface area contributed by atoms with Crippen molar-refractivity contribution in [2.45, 2.75) is 6.54 Å². The summed E-state index contributed by atoms with van der Waals surface area (Å²) in [5, 5.41) is 3.46. The number of hydrogen-bond acceptors (Lipinski definition) is 2. The molecule has 0 saturated carbocycles. The van der Waals surface area contributed by atoms with Crippen LogP contribution in [0.2, 0.25) is 0 Å². The summed E-state index contributed by atoms with van der Waals surface area (Å²) in [6, 6.07) is 6.33. The van der Waals surface area contributed by atoms with Crippen LogP contribution in [0.5, 0.6) is 0 Å². The van der Waals surface area contributed by atoms with Crippen LogP contribution in [0.15, 0.2) is 58.6 Å². The molecule has 1 aromatic rings.